The van der Waals surface area contributed by atoms with Crippen LogP contribution in [0, 0.1) is 0 Å². The van der Waals surface area contributed by atoms with Gasteiger partial charge in [0.05, 0.1) is 11.0 Å². The Morgan fingerprint density at radius 1 is 0.306 bits per heavy atom. The van der Waals surface area contributed by atoms with Crippen LogP contribution in [0.2, 0.25) is 0 Å². The van der Waals surface area contributed by atoms with E-state index >= 15 is 0 Å². The molecule has 12 rings (SSSR count). The molecule has 12 aromatic rings. The number of nitrogens with zero attached hydrogens (tertiary/aromatic N) is 4. The molecule has 0 aliphatic carbocycles. The molecule has 0 fully saturated rings. The Morgan fingerprint density at radius 3 is 1.60 bits per heavy atom. The molecule has 5 heteroatoms. The summed E-state index contributed by atoms with van der Waals surface area (Å²) in [6.45, 7) is 0. The van der Waals surface area contributed by atoms with Crippen molar-refractivity contribution in [1.82, 2.24) is 19.5 Å². The summed E-state index contributed by atoms with van der Waals surface area (Å²) in [4.78, 5) is 15.2. The Kier molecular flexibility index (Phi) is 8.65. The first-order valence-corrected chi connectivity index (χ1v) is 21.7. The van der Waals surface area contributed by atoms with Gasteiger partial charge in [0.15, 0.2) is 17.5 Å². The number of thiophene rings is 1. The minimum absolute atomic E-state index is 0.645. The number of benzene rings is 9. The fourth-order valence-corrected chi connectivity index (χ4v) is 10.1. The van der Waals surface area contributed by atoms with Crippen molar-refractivity contribution in [3.05, 3.63) is 218 Å². The lowest BCUT2D eigenvalue weighted by molar-refractivity contribution is 1.07. The second-order valence-corrected chi connectivity index (χ2v) is 16.7. The first-order valence-electron chi connectivity index (χ1n) is 20.8. The highest BCUT2D eigenvalue weighted by molar-refractivity contribution is 7.26. The van der Waals surface area contributed by atoms with Crippen LogP contribution in [0.1, 0.15) is 0 Å². The third-order valence-electron chi connectivity index (χ3n) is 11.9. The average Bonchev–Trinajstić information content (AvgIpc) is 3.90. The van der Waals surface area contributed by atoms with Crippen LogP contribution < -0.4 is 0 Å². The average molecular weight is 809 g/mol. The number of hydrogen-bond donors (Lipinski definition) is 0. The van der Waals surface area contributed by atoms with E-state index in [9.17, 15) is 0 Å². The van der Waals surface area contributed by atoms with Crippen molar-refractivity contribution >= 4 is 53.3 Å². The van der Waals surface area contributed by atoms with Gasteiger partial charge >= 0.3 is 0 Å². The Labute approximate surface area is 362 Å². The van der Waals surface area contributed by atoms with Crippen molar-refractivity contribution in [3.63, 3.8) is 0 Å². The van der Waals surface area contributed by atoms with Crippen LogP contribution in [0.5, 0.6) is 0 Å². The lowest BCUT2D eigenvalue weighted by atomic mass is 9.91. The molecule has 62 heavy (non-hydrogen) atoms. The molecule has 3 aromatic heterocycles. The van der Waals surface area contributed by atoms with E-state index in [1.807, 2.05) is 35.6 Å². The van der Waals surface area contributed by atoms with Gasteiger partial charge in [-0.15, -0.1) is 11.3 Å². The summed E-state index contributed by atoms with van der Waals surface area (Å²) < 4.78 is 4.80. The van der Waals surface area contributed by atoms with Gasteiger partial charge in [-0.2, -0.15) is 0 Å². The highest BCUT2D eigenvalue weighted by Crippen LogP contribution is 2.45. The van der Waals surface area contributed by atoms with Gasteiger partial charge in [0, 0.05) is 53.3 Å². The molecule has 4 nitrogen and oxygen atoms in total. The van der Waals surface area contributed by atoms with Crippen molar-refractivity contribution in [2.45, 2.75) is 0 Å². The number of rotatable bonds is 7. The fraction of sp³-hybridized carbons (Fsp3) is 0. The van der Waals surface area contributed by atoms with Crippen LogP contribution >= 0.6 is 11.3 Å². The van der Waals surface area contributed by atoms with Crippen LogP contribution in [0.4, 0.5) is 0 Å². The van der Waals surface area contributed by atoms with Crippen molar-refractivity contribution < 1.29 is 0 Å². The summed E-state index contributed by atoms with van der Waals surface area (Å²) >= 11 is 1.81. The van der Waals surface area contributed by atoms with Crippen LogP contribution in [-0.4, -0.2) is 19.5 Å². The summed E-state index contributed by atoms with van der Waals surface area (Å²) in [6.07, 6.45) is 0. The van der Waals surface area contributed by atoms with Gasteiger partial charge in [-0.1, -0.05) is 176 Å². The molecule has 0 bridgehead atoms. The Morgan fingerprint density at radius 2 is 0.839 bits per heavy atom. The topological polar surface area (TPSA) is 43.6 Å². The van der Waals surface area contributed by atoms with Gasteiger partial charge < -0.3 is 4.57 Å². The van der Waals surface area contributed by atoms with E-state index in [-0.39, 0.29) is 0 Å². The largest absolute Gasteiger partial charge is 0.309 e. The Hall–Kier alpha value is -7.99. The first-order chi connectivity index (χ1) is 30.7. The second kappa shape index (κ2) is 14.9. The summed E-state index contributed by atoms with van der Waals surface area (Å²) in [5.74, 6) is 1.94. The first kappa shape index (κ1) is 35.9. The molecule has 0 amide bonds. The van der Waals surface area contributed by atoms with Gasteiger partial charge in [0.25, 0.3) is 0 Å². The number of aromatic nitrogens is 4. The summed E-state index contributed by atoms with van der Waals surface area (Å²) in [6, 6.07) is 77.6. The summed E-state index contributed by atoms with van der Waals surface area (Å²) in [5.41, 5.74) is 13.6. The molecular weight excluding hydrogens is 773 g/mol. The molecule has 290 valence electrons. The fourth-order valence-electron chi connectivity index (χ4n) is 8.95. The van der Waals surface area contributed by atoms with Crippen molar-refractivity contribution in [2.75, 3.05) is 0 Å². The highest BCUT2D eigenvalue weighted by Gasteiger charge is 2.19. The molecule has 0 aliphatic rings. The van der Waals surface area contributed by atoms with E-state index in [1.54, 1.807) is 0 Å². The Balaban J connectivity index is 0.965. The van der Waals surface area contributed by atoms with E-state index < -0.39 is 0 Å². The van der Waals surface area contributed by atoms with Crippen molar-refractivity contribution in [3.8, 4) is 73.2 Å². The molecule has 9 aromatic carbocycles. The standard InChI is InChI=1S/C57H36N4S/c1-4-15-37(16-5-1)38-27-29-40(30-28-38)56-58-55(39-17-6-2-7-18-39)59-57(60-56)42-31-33-48-53(36-42)62-52-26-14-24-47(54(48)52)45-22-11-10-21-44(45)41-32-34-51-49(35-41)46-23-12-13-25-50(46)61(51)43-19-8-3-9-20-43/h1-36H. The van der Waals surface area contributed by atoms with E-state index in [0.717, 1.165) is 27.9 Å². The number of para-hydroxylation sites is 2. The zero-order valence-electron chi connectivity index (χ0n) is 33.5. The van der Waals surface area contributed by atoms with E-state index in [1.165, 1.54) is 69.8 Å². The number of fused-ring (bicyclic) bond motifs is 6. The monoisotopic (exact) mass is 808 g/mol. The zero-order chi connectivity index (χ0) is 41.0. The van der Waals surface area contributed by atoms with Gasteiger partial charge in [-0.25, -0.2) is 15.0 Å². The van der Waals surface area contributed by atoms with Gasteiger partial charge in [0.1, 0.15) is 0 Å². The maximum absolute atomic E-state index is 5.11. The zero-order valence-corrected chi connectivity index (χ0v) is 34.3. The lowest BCUT2D eigenvalue weighted by Gasteiger charge is -2.13. The third-order valence-corrected chi connectivity index (χ3v) is 13.0. The molecule has 0 unspecified atom stereocenters. The van der Waals surface area contributed by atoms with Gasteiger partial charge in [-0.3, -0.25) is 0 Å². The molecule has 0 radical (unpaired) electrons. The predicted octanol–water partition coefficient (Wildman–Crippen LogP) is 15.3. The van der Waals surface area contributed by atoms with E-state index in [2.05, 4.69) is 199 Å². The van der Waals surface area contributed by atoms with Gasteiger partial charge in [0.2, 0.25) is 0 Å². The van der Waals surface area contributed by atoms with Crippen LogP contribution in [0.3, 0.4) is 0 Å². The molecule has 0 saturated heterocycles. The van der Waals surface area contributed by atoms with E-state index in [0.29, 0.717) is 17.5 Å². The number of hydrogen-bond acceptors (Lipinski definition) is 4. The summed E-state index contributed by atoms with van der Waals surface area (Å²) in [5, 5.41) is 4.96. The minimum atomic E-state index is 0.645. The van der Waals surface area contributed by atoms with Gasteiger partial charge in [-0.05, 0) is 75.8 Å². The quantitative estimate of drug-likeness (QED) is 0.161. The Bertz CT molecular complexity index is 3610. The van der Waals surface area contributed by atoms with Crippen molar-refractivity contribution in [1.29, 1.82) is 0 Å². The highest BCUT2D eigenvalue weighted by atomic mass is 32.1. The smallest absolute Gasteiger partial charge is 0.164 e. The molecule has 0 saturated carbocycles. The molecule has 0 atom stereocenters. The van der Waals surface area contributed by atoms with Crippen LogP contribution in [-0.2, 0) is 0 Å². The normalized spacial score (nSPS) is 11.5. The summed E-state index contributed by atoms with van der Waals surface area (Å²) in [7, 11) is 0. The molecule has 0 aliphatic heterocycles. The predicted molar refractivity (Wildman–Crippen MR) is 260 cm³/mol. The maximum Gasteiger partial charge on any atom is 0.164 e. The SMILES string of the molecule is c1ccc(-c2ccc(-c3nc(-c4ccccc4)nc(-c4ccc5c(c4)sc4cccc(-c6ccccc6-c6ccc7c(c6)c6ccccc6n7-c6ccccc6)c45)n3)cc2)cc1. The van der Waals surface area contributed by atoms with Crippen molar-refractivity contribution in [2.24, 2.45) is 0 Å². The van der Waals surface area contributed by atoms with Crippen LogP contribution in [0.15, 0.2) is 218 Å². The molecule has 0 N–H and O–H groups in total. The van der Waals surface area contributed by atoms with Crippen LogP contribution in [0.25, 0.3) is 115 Å². The lowest BCUT2D eigenvalue weighted by Crippen LogP contribution is -2.00. The molecular formula is C57H36N4S. The molecule has 0 spiro atoms. The third kappa shape index (κ3) is 6.18. The second-order valence-electron chi connectivity index (χ2n) is 15.6. The van der Waals surface area contributed by atoms with E-state index in [4.69, 9.17) is 15.0 Å². The minimum Gasteiger partial charge on any atom is -0.309 e. The maximum atomic E-state index is 5.11. The molecule has 3 heterocycles.